The number of nitrogens with zero attached hydrogens (tertiary/aromatic N) is 2. The van der Waals surface area contributed by atoms with E-state index in [1.54, 1.807) is 31.6 Å². The highest BCUT2D eigenvalue weighted by atomic mass is 19.1. The fourth-order valence-electron chi connectivity index (χ4n) is 2.02. The first-order valence-electron chi connectivity index (χ1n) is 7.08. The van der Waals surface area contributed by atoms with Gasteiger partial charge in [-0.2, -0.15) is 5.10 Å². The average Bonchev–Trinajstić information content (AvgIpc) is 3.02. The normalized spacial score (nSPS) is 13.7. The molecule has 7 heteroatoms. The predicted octanol–water partition coefficient (Wildman–Crippen LogP) is 2.15. The van der Waals surface area contributed by atoms with E-state index in [-0.39, 0.29) is 12.4 Å². The Hall–Kier alpha value is -2.25. The number of benzene rings is 1. The number of carboxylic acid groups (broad SMARTS) is 1. The van der Waals surface area contributed by atoms with E-state index in [4.69, 9.17) is 9.47 Å². The molecule has 1 N–H and O–H groups in total. The van der Waals surface area contributed by atoms with Gasteiger partial charge in [0.15, 0.2) is 5.54 Å². The zero-order valence-electron chi connectivity index (χ0n) is 13.0. The number of rotatable bonds is 8. The SMILES string of the molecule is COCCOCC(C)(C(=O)O)n1cc(-c2ccc(F)cc2)cn1. The molecule has 0 aliphatic carbocycles. The van der Waals surface area contributed by atoms with Crippen molar-refractivity contribution in [3.05, 3.63) is 42.5 Å². The quantitative estimate of drug-likeness (QED) is 0.754. The molecule has 23 heavy (non-hydrogen) atoms. The molecule has 1 atom stereocenters. The summed E-state index contributed by atoms with van der Waals surface area (Å²) in [5, 5.41) is 13.7. The van der Waals surface area contributed by atoms with Gasteiger partial charge in [0.25, 0.3) is 0 Å². The van der Waals surface area contributed by atoms with Crippen molar-refractivity contribution >= 4 is 5.97 Å². The molecule has 2 aromatic rings. The lowest BCUT2D eigenvalue weighted by Crippen LogP contribution is -2.44. The molecule has 2 rings (SSSR count). The average molecular weight is 322 g/mol. The van der Waals surface area contributed by atoms with Gasteiger partial charge in [0.2, 0.25) is 0 Å². The molecule has 6 nitrogen and oxygen atoms in total. The van der Waals surface area contributed by atoms with Crippen LogP contribution in [-0.2, 0) is 19.8 Å². The lowest BCUT2D eigenvalue weighted by Gasteiger charge is -2.25. The number of hydrogen-bond donors (Lipinski definition) is 1. The minimum atomic E-state index is -1.34. The monoisotopic (exact) mass is 322 g/mol. The standard InChI is InChI=1S/C16H19FN2O4/c1-16(15(20)21,11-23-8-7-22-2)19-10-13(9-18-19)12-3-5-14(17)6-4-12/h3-6,9-10H,7-8,11H2,1-2H3,(H,20,21). The summed E-state index contributed by atoms with van der Waals surface area (Å²) in [5.41, 5.74) is 0.117. The molecule has 0 aliphatic rings. The van der Waals surface area contributed by atoms with E-state index in [9.17, 15) is 14.3 Å². The molecule has 0 aliphatic heterocycles. The third-order valence-corrected chi connectivity index (χ3v) is 3.54. The van der Waals surface area contributed by atoms with Crippen LogP contribution in [0.25, 0.3) is 11.1 Å². The highest BCUT2D eigenvalue weighted by Gasteiger charge is 2.36. The van der Waals surface area contributed by atoms with Gasteiger partial charge in [-0.15, -0.1) is 0 Å². The fourth-order valence-corrected chi connectivity index (χ4v) is 2.02. The number of halogens is 1. The molecule has 124 valence electrons. The summed E-state index contributed by atoms with van der Waals surface area (Å²) >= 11 is 0. The van der Waals surface area contributed by atoms with Crippen molar-refractivity contribution in [2.24, 2.45) is 0 Å². The number of ether oxygens (including phenoxy) is 2. The summed E-state index contributed by atoms with van der Waals surface area (Å²) < 4.78 is 24.6. The van der Waals surface area contributed by atoms with Gasteiger partial charge in [-0.25, -0.2) is 9.18 Å². The van der Waals surface area contributed by atoms with Crippen molar-refractivity contribution < 1.29 is 23.8 Å². The van der Waals surface area contributed by atoms with Crippen LogP contribution in [0, 0.1) is 5.82 Å². The summed E-state index contributed by atoms with van der Waals surface area (Å²) in [4.78, 5) is 11.7. The Kier molecular flexibility index (Phi) is 5.46. The molecule has 1 unspecified atom stereocenters. The Balaban J connectivity index is 2.20. The third kappa shape index (κ3) is 3.94. The van der Waals surface area contributed by atoms with E-state index in [1.165, 1.54) is 23.7 Å². The number of carboxylic acids is 1. The first-order chi connectivity index (χ1) is 11.0. The molecule has 0 saturated heterocycles. The Bertz CT molecular complexity index is 656. The molecule has 0 saturated carbocycles. The molecule has 0 fully saturated rings. The summed E-state index contributed by atoms with van der Waals surface area (Å²) in [7, 11) is 1.54. The van der Waals surface area contributed by atoms with Gasteiger partial charge < -0.3 is 14.6 Å². The van der Waals surface area contributed by atoms with Gasteiger partial charge in [0.05, 0.1) is 26.0 Å². The maximum atomic E-state index is 13.0. The largest absolute Gasteiger partial charge is 0.479 e. The first-order valence-corrected chi connectivity index (χ1v) is 7.08. The van der Waals surface area contributed by atoms with Crippen LogP contribution < -0.4 is 0 Å². The smallest absolute Gasteiger partial charge is 0.333 e. The van der Waals surface area contributed by atoms with Crippen LogP contribution in [0.4, 0.5) is 4.39 Å². The van der Waals surface area contributed by atoms with E-state index < -0.39 is 11.5 Å². The van der Waals surface area contributed by atoms with Crippen LogP contribution in [0.5, 0.6) is 0 Å². The van der Waals surface area contributed by atoms with E-state index in [0.717, 1.165) is 5.56 Å². The van der Waals surface area contributed by atoms with Crippen molar-refractivity contribution in [2.45, 2.75) is 12.5 Å². The maximum Gasteiger partial charge on any atom is 0.333 e. The van der Waals surface area contributed by atoms with Crippen molar-refractivity contribution in [3.63, 3.8) is 0 Å². The number of aromatic nitrogens is 2. The summed E-state index contributed by atoms with van der Waals surface area (Å²) in [6.07, 6.45) is 3.16. The lowest BCUT2D eigenvalue weighted by molar-refractivity contribution is -0.151. The van der Waals surface area contributed by atoms with Crippen molar-refractivity contribution in [1.82, 2.24) is 9.78 Å². The second kappa shape index (κ2) is 7.34. The number of hydrogen-bond acceptors (Lipinski definition) is 4. The molecule has 0 spiro atoms. The first kappa shape index (κ1) is 17.1. The van der Waals surface area contributed by atoms with Gasteiger partial charge in [0, 0.05) is 18.9 Å². The topological polar surface area (TPSA) is 73.6 Å². The van der Waals surface area contributed by atoms with Gasteiger partial charge in [-0.1, -0.05) is 12.1 Å². The molecule has 1 aromatic heterocycles. The molecule has 0 amide bonds. The molecule has 1 aromatic carbocycles. The maximum absolute atomic E-state index is 13.0. The van der Waals surface area contributed by atoms with Gasteiger partial charge in [-0.3, -0.25) is 4.68 Å². The molecule has 1 heterocycles. The number of methoxy groups -OCH3 is 1. The van der Waals surface area contributed by atoms with E-state index >= 15 is 0 Å². The molecular formula is C16H19FN2O4. The van der Waals surface area contributed by atoms with Gasteiger partial charge >= 0.3 is 5.97 Å². The van der Waals surface area contributed by atoms with Crippen LogP contribution in [0.3, 0.4) is 0 Å². The second-order valence-corrected chi connectivity index (χ2v) is 5.30. The van der Waals surface area contributed by atoms with Crippen LogP contribution in [0.15, 0.2) is 36.7 Å². The second-order valence-electron chi connectivity index (χ2n) is 5.30. The Labute approximate surface area is 133 Å². The lowest BCUT2D eigenvalue weighted by atomic mass is 10.0. The Morgan fingerprint density at radius 1 is 1.30 bits per heavy atom. The van der Waals surface area contributed by atoms with Crippen LogP contribution in [-0.4, -0.2) is 47.8 Å². The Morgan fingerprint density at radius 3 is 2.61 bits per heavy atom. The zero-order chi connectivity index (χ0) is 16.9. The predicted molar refractivity (Wildman–Crippen MR) is 81.6 cm³/mol. The minimum absolute atomic E-state index is 0.0454. The summed E-state index contributed by atoms with van der Waals surface area (Å²) in [6, 6.07) is 5.92. The molecular weight excluding hydrogens is 303 g/mol. The van der Waals surface area contributed by atoms with Crippen molar-refractivity contribution in [2.75, 3.05) is 26.9 Å². The van der Waals surface area contributed by atoms with E-state index in [0.29, 0.717) is 18.8 Å². The van der Waals surface area contributed by atoms with Crippen LogP contribution >= 0.6 is 0 Å². The number of carbonyl (C=O) groups is 1. The third-order valence-electron chi connectivity index (χ3n) is 3.54. The van der Waals surface area contributed by atoms with Crippen LogP contribution in [0.1, 0.15) is 6.92 Å². The molecule has 0 radical (unpaired) electrons. The van der Waals surface area contributed by atoms with Crippen LogP contribution in [0.2, 0.25) is 0 Å². The summed E-state index contributed by atoms with van der Waals surface area (Å²) in [6.45, 7) is 2.17. The van der Waals surface area contributed by atoms with Crippen molar-refractivity contribution in [3.8, 4) is 11.1 Å². The zero-order valence-corrected chi connectivity index (χ0v) is 13.0. The van der Waals surface area contributed by atoms with Crippen molar-refractivity contribution in [1.29, 1.82) is 0 Å². The van der Waals surface area contributed by atoms with Gasteiger partial charge in [-0.05, 0) is 24.6 Å². The Morgan fingerprint density at radius 2 is 2.00 bits per heavy atom. The summed E-state index contributed by atoms with van der Waals surface area (Å²) in [5.74, 6) is -1.38. The highest BCUT2D eigenvalue weighted by Crippen LogP contribution is 2.23. The number of aliphatic carboxylic acids is 1. The van der Waals surface area contributed by atoms with E-state index in [1.807, 2.05) is 0 Å². The minimum Gasteiger partial charge on any atom is -0.479 e. The fraction of sp³-hybridized carbons (Fsp3) is 0.375. The van der Waals surface area contributed by atoms with Gasteiger partial charge in [0.1, 0.15) is 5.82 Å². The highest BCUT2D eigenvalue weighted by molar-refractivity contribution is 5.76. The molecule has 0 bridgehead atoms. The van der Waals surface area contributed by atoms with E-state index in [2.05, 4.69) is 5.10 Å².